The van der Waals surface area contributed by atoms with Crippen LogP contribution in [0.15, 0.2) is 54.6 Å². The van der Waals surface area contributed by atoms with Crippen LogP contribution < -0.4 is 0 Å². The third-order valence-corrected chi connectivity index (χ3v) is 4.91. The lowest BCUT2D eigenvalue weighted by molar-refractivity contribution is 0.0178. The van der Waals surface area contributed by atoms with E-state index in [1.807, 2.05) is 60.4 Å². The molecule has 0 unspecified atom stereocenters. The van der Waals surface area contributed by atoms with Crippen molar-refractivity contribution in [3.8, 4) is 0 Å². The molecule has 1 heterocycles. The fourth-order valence-corrected chi connectivity index (χ4v) is 3.66. The van der Waals surface area contributed by atoms with Gasteiger partial charge in [0.2, 0.25) is 0 Å². The molecule has 1 saturated heterocycles. The van der Waals surface area contributed by atoms with Crippen LogP contribution in [0.3, 0.4) is 0 Å². The van der Waals surface area contributed by atoms with Gasteiger partial charge >= 0.3 is 0 Å². The quantitative estimate of drug-likeness (QED) is 0.779. The zero-order chi connectivity index (χ0) is 17.1. The molecule has 24 heavy (non-hydrogen) atoms. The zero-order valence-electron chi connectivity index (χ0n) is 13.9. The number of rotatable bonds is 5. The highest BCUT2D eigenvalue weighted by atomic mass is 16.3. The SMILES string of the molecule is Cc1cccc(CN2[C@H](CO)[C@@H](O)[C@@H](O)[C@@H]2Cc2ccccc2)c1. The third-order valence-electron chi connectivity index (χ3n) is 4.91. The van der Waals surface area contributed by atoms with Gasteiger partial charge in [0.05, 0.1) is 24.9 Å². The van der Waals surface area contributed by atoms with E-state index in [9.17, 15) is 15.3 Å². The Morgan fingerprint density at radius 3 is 2.21 bits per heavy atom. The highest BCUT2D eigenvalue weighted by Gasteiger charge is 2.46. The number of aryl methyl sites for hydroxylation is 1. The number of likely N-dealkylation sites (tertiary alicyclic amines) is 1. The van der Waals surface area contributed by atoms with E-state index in [0.29, 0.717) is 13.0 Å². The molecular formula is C20H25NO3. The third kappa shape index (κ3) is 3.52. The molecule has 0 radical (unpaired) electrons. The number of nitrogens with zero attached hydrogens (tertiary/aromatic N) is 1. The van der Waals surface area contributed by atoms with Crippen molar-refractivity contribution >= 4 is 0 Å². The van der Waals surface area contributed by atoms with Gasteiger partial charge in [-0.2, -0.15) is 0 Å². The van der Waals surface area contributed by atoms with E-state index < -0.39 is 18.2 Å². The Bertz CT molecular complexity index is 661. The fourth-order valence-electron chi connectivity index (χ4n) is 3.66. The van der Waals surface area contributed by atoms with Gasteiger partial charge in [-0.25, -0.2) is 0 Å². The first kappa shape index (κ1) is 17.1. The largest absolute Gasteiger partial charge is 0.395 e. The lowest BCUT2D eigenvalue weighted by atomic mass is 10.0. The second kappa shape index (κ2) is 7.45. The first-order chi connectivity index (χ1) is 11.6. The van der Waals surface area contributed by atoms with Crippen molar-refractivity contribution in [2.45, 2.75) is 44.2 Å². The van der Waals surface area contributed by atoms with Gasteiger partial charge in [-0.15, -0.1) is 0 Å². The van der Waals surface area contributed by atoms with Crippen LogP contribution in [0.4, 0.5) is 0 Å². The van der Waals surface area contributed by atoms with E-state index in [0.717, 1.165) is 11.1 Å². The number of aliphatic hydroxyl groups is 3. The maximum Gasteiger partial charge on any atom is 0.0991 e. The van der Waals surface area contributed by atoms with Crippen molar-refractivity contribution in [3.63, 3.8) is 0 Å². The summed E-state index contributed by atoms with van der Waals surface area (Å²) in [7, 11) is 0. The minimum Gasteiger partial charge on any atom is -0.395 e. The highest BCUT2D eigenvalue weighted by Crippen LogP contribution is 2.29. The van der Waals surface area contributed by atoms with E-state index in [2.05, 4.69) is 6.07 Å². The molecule has 2 aromatic rings. The summed E-state index contributed by atoms with van der Waals surface area (Å²) in [4.78, 5) is 2.04. The van der Waals surface area contributed by atoms with Crippen LogP contribution in [0, 0.1) is 6.92 Å². The van der Waals surface area contributed by atoms with Gasteiger partial charge in [-0.1, -0.05) is 60.2 Å². The Hall–Kier alpha value is -1.72. The molecule has 4 atom stereocenters. The lowest BCUT2D eigenvalue weighted by Gasteiger charge is -2.30. The lowest BCUT2D eigenvalue weighted by Crippen LogP contribution is -2.41. The second-order valence-electron chi connectivity index (χ2n) is 6.65. The number of hydrogen-bond donors (Lipinski definition) is 3. The monoisotopic (exact) mass is 327 g/mol. The van der Waals surface area contributed by atoms with Gasteiger partial charge in [0.25, 0.3) is 0 Å². The van der Waals surface area contributed by atoms with Crippen LogP contribution in [0.25, 0.3) is 0 Å². The average molecular weight is 327 g/mol. The molecule has 0 saturated carbocycles. The van der Waals surface area contributed by atoms with Crippen LogP contribution >= 0.6 is 0 Å². The summed E-state index contributed by atoms with van der Waals surface area (Å²) >= 11 is 0. The van der Waals surface area contributed by atoms with Gasteiger partial charge in [0.15, 0.2) is 0 Å². The summed E-state index contributed by atoms with van der Waals surface area (Å²) in [6.45, 7) is 2.47. The molecule has 3 rings (SSSR count). The molecule has 1 fully saturated rings. The minimum atomic E-state index is -0.937. The predicted molar refractivity (Wildman–Crippen MR) is 93.5 cm³/mol. The van der Waals surface area contributed by atoms with E-state index in [1.54, 1.807) is 0 Å². The second-order valence-corrected chi connectivity index (χ2v) is 6.65. The highest BCUT2D eigenvalue weighted by molar-refractivity contribution is 5.24. The molecule has 0 bridgehead atoms. The van der Waals surface area contributed by atoms with Gasteiger partial charge in [-0.3, -0.25) is 4.90 Å². The summed E-state index contributed by atoms with van der Waals surface area (Å²) in [5, 5.41) is 30.6. The van der Waals surface area contributed by atoms with Crippen molar-refractivity contribution in [1.29, 1.82) is 0 Å². The van der Waals surface area contributed by atoms with Crippen molar-refractivity contribution in [2.75, 3.05) is 6.61 Å². The van der Waals surface area contributed by atoms with Crippen molar-refractivity contribution in [2.24, 2.45) is 0 Å². The van der Waals surface area contributed by atoms with Gasteiger partial charge in [-0.05, 0) is 24.5 Å². The smallest absolute Gasteiger partial charge is 0.0991 e. The van der Waals surface area contributed by atoms with E-state index in [1.165, 1.54) is 5.56 Å². The Labute approximate surface area is 143 Å². The van der Waals surface area contributed by atoms with Gasteiger partial charge < -0.3 is 15.3 Å². The predicted octanol–water partition coefficient (Wildman–Crippen LogP) is 1.50. The maximum absolute atomic E-state index is 10.5. The summed E-state index contributed by atoms with van der Waals surface area (Å²) in [6.07, 6.45) is -1.16. The molecule has 4 heteroatoms. The topological polar surface area (TPSA) is 63.9 Å². The number of aliphatic hydroxyl groups excluding tert-OH is 3. The summed E-state index contributed by atoms with van der Waals surface area (Å²) in [5.74, 6) is 0. The molecule has 1 aliphatic rings. The molecule has 0 aliphatic carbocycles. The fraction of sp³-hybridized carbons (Fsp3) is 0.400. The van der Waals surface area contributed by atoms with Crippen molar-refractivity contribution < 1.29 is 15.3 Å². The Morgan fingerprint density at radius 1 is 0.875 bits per heavy atom. The molecule has 0 spiro atoms. The van der Waals surface area contributed by atoms with Crippen LogP contribution in [0.5, 0.6) is 0 Å². The number of hydrogen-bond acceptors (Lipinski definition) is 4. The minimum absolute atomic E-state index is 0.171. The maximum atomic E-state index is 10.5. The molecule has 1 aliphatic heterocycles. The van der Waals surface area contributed by atoms with E-state index in [-0.39, 0.29) is 12.6 Å². The first-order valence-corrected chi connectivity index (χ1v) is 8.42. The standard InChI is InChI=1S/C20H25NO3/c1-14-6-5-9-16(10-14)12-21-17(11-15-7-3-2-4-8-15)19(23)20(24)18(21)13-22/h2-10,17-20,22-24H,11-13H2,1H3/t17-,18+,19-,20+/m0/s1. The summed E-state index contributed by atoms with van der Waals surface area (Å²) in [6, 6.07) is 17.5. The molecule has 128 valence electrons. The molecule has 2 aromatic carbocycles. The van der Waals surface area contributed by atoms with Crippen molar-refractivity contribution in [3.05, 3.63) is 71.3 Å². The van der Waals surface area contributed by atoms with Gasteiger partial charge in [0, 0.05) is 12.6 Å². The average Bonchev–Trinajstić information content (AvgIpc) is 2.80. The number of benzene rings is 2. The van der Waals surface area contributed by atoms with Crippen LogP contribution in [-0.4, -0.2) is 51.1 Å². The summed E-state index contributed by atoms with van der Waals surface area (Å²) < 4.78 is 0. The molecule has 0 aromatic heterocycles. The zero-order valence-corrected chi connectivity index (χ0v) is 13.9. The molecule has 0 amide bonds. The molecule has 4 nitrogen and oxygen atoms in total. The van der Waals surface area contributed by atoms with Crippen LogP contribution in [0.2, 0.25) is 0 Å². The summed E-state index contributed by atoms with van der Waals surface area (Å²) in [5.41, 5.74) is 3.40. The van der Waals surface area contributed by atoms with E-state index >= 15 is 0 Å². The van der Waals surface area contributed by atoms with Crippen LogP contribution in [-0.2, 0) is 13.0 Å². The van der Waals surface area contributed by atoms with Gasteiger partial charge in [0.1, 0.15) is 0 Å². The Balaban J connectivity index is 1.85. The first-order valence-electron chi connectivity index (χ1n) is 8.42. The Kier molecular flexibility index (Phi) is 5.31. The normalized spacial score (nSPS) is 27.5. The molecule has 3 N–H and O–H groups in total. The molecular weight excluding hydrogens is 302 g/mol. The van der Waals surface area contributed by atoms with Crippen LogP contribution in [0.1, 0.15) is 16.7 Å². The van der Waals surface area contributed by atoms with E-state index in [4.69, 9.17) is 0 Å². The Morgan fingerprint density at radius 2 is 1.54 bits per heavy atom. The van der Waals surface area contributed by atoms with Crippen molar-refractivity contribution in [1.82, 2.24) is 4.90 Å².